The number of carbonyl (C=O) groups is 1. The molecule has 1 saturated carbocycles. The van der Waals surface area contributed by atoms with Crippen molar-refractivity contribution in [1.29, 1.82) is 0 Å². The van der Waals surface area contributed by atoms with Crippen molar-refractivity contribution in [3.63, 3.8) is 0 Å². The molecule has 220 valence electrons. The molecule has 10 heteroatoms. The van der Waals surface area contributed by atoms with Gasteiger partial charge in [-0.15, -0.1) is 0 Å². The van der Waals surface area contributed by atoms with Crippen LogP contribution in [0.15, 0.2) is 42.5 Å². The van der Waals surface area contributed by atoms with Crippen LogP contribution in [0.25, 0.3) is 39.3 Å². The SMILES string of the molecule is COc1cc(C(=O)N2[C@H]3CC[C@@H]2[C@H](N)C3)cc2nc(-c3cc4ccc(-c5ccc(O)nc5C)nc4n3CC3CC3)c(C)n12. The number of aromatic hydroxyl groups is 1. The first kappa shape index (κ1) is 26.2. The summed E-state index contributed by atoms with van der Waals surface area (Å²) in [4.78, 5) is 30.2. The second-order valence-electron chi connectivity index (χ2n) is 12.4. The Balaban J connectivity index is 1.25. The Morgan fingerprint density at radius 1 is 1.05 bits per heavy atom. The predicted octanol–water partition coefficient (Wildman–Crippen LogP) is 4.86. The summed E-state index contributed by atoms with van der Waals surface area (Å²) >= 11 is 0. The lowest BCUT2D eigenvalue weighted by Gasteiger charge is -2.23. The van der Waals surface area contributed by atoms with E-state index in [0.717, 1.165) is 70.9 Å². The molecule has 0 radical (unpaired) electrons. The Bertz CT molecular complexity index is 1940. The fraction of sp³-hybridized carbons (Fsp3) is 0.394. The monoisotopic (exact) mass is 577 g/mol. The molecule has 10 nitrogen and oxygen atoms in total. The maximum atomic E-state index is 13.8. The van der Waals surface area contributed by atoms with Crippen molar-refractivity contribution < 1.29 is 14.6 Å². The van der Waals surface area contributed by atoms with E-state index >= 15 is 0 Å². The highest BCUT2D eigenvalue weighted by Gasteiger charge is 2.47. The Morgan fingerprint density at radius 3 is 2.58 bits per heavy atom. The fourth-order valence-corrected chi connectivity index (χ4v) is 7.33. The van der Waals surface area contributed by atoms with Crippen LogP contribution in [-0.4, -0.2) is 65.1 Å². The number of rotatable bonds is 6. The third-order valence-corrected chi connectivity index (χ3v) is 9.66. The summed E-state index contributed by atoms with van der Waals surface area (Å²) in [5.74, 6) is 1.19. The third-order valence-electron chi connectivity index (χ3n) is 9.66. The van der Waals surface area contributed by atoms with Gasteiger partial charge in [-0.3, -0.25) is 9.20 Å². The van der Waals surface area contributed by atoms with Gasteiger partial charge in [0.05, 0.1) is 29.9 Å². The molecule has 7 heterocycles. The minimum Gasteiger partial charge on any atom is -0.493 e. The number of aryl methyl sites for hydroxylation is 2. The molecule has 2 saturated heterocycles. The smallest absolute Gasteiger partial charge is 0.254 e. The van der Waals surface area contributed by atoms with E-state index in [4.69, 9.17) is 20.4 Å². The van der Waals surface area contributed by atoms with E-state index < -0.39 is 0 Å². The topological polar surface area (TPSA) is 124 Å². The molecule has 3 atom stereocenters. The van der Waals surface area contributed by atoms with Gasteiger partial charge in [0, 0.05) is 53.3 Å². The summed E-state index contributed by atoms with van der Waals surface area (Å²) in [6.07, 6.45) is 5.25. The van der Waals surface area contributed by atoms with Crippen molar-refractivity contribution in [2.24, 2.45) is 11.7 Å². The number of nitrogens with zero attached hydrogens (tertiary/aromatic N) is 6. The molecular weight excluding hydrogens is 542 g/mol. The first-order valence-electron chi connectivity index (χ1n) is 15.1. The quantitative estimate of drug-likeness (QED) is 0.295. The molecule has 3 fully saturated rings. The number of pyridine rings is 3. The highest BCUT2D eigenvalue weighted by atomic mass is 16.5. The van der Waals surface area contributed by atoms with E-state index in [1.807, 2.05) is 47.4 Å². The lowest BCUT2D eigenvalue weighted by atomic mass is 9.97. The van der Waals surface area contributed by atoms with Crippen LogP contribution in [0, 0.1) is 19.8 Å². The second-order valence-corrected chi connectivity index (χ2v) is 12.4. The summed E-state index contributed by atoms with van der Waals surface area (Å²) in [6, 6.07) is 13.8. The highest BCUT2D eigenvalue weighted by molar-refractivity contribution is 5.97. The molecular formula is C33H35N7O3. The number of aromatic nitrogens is 5. The van der Waals surface area contributed by atoms with Gasteiger partial charge in [-0.25, -0.2) is 15.0 Å². The molecule has 3 N–H and O–H groups in total. The third kappa shape index (κ3) is 4.11. The van der Waals surface area contributed by atoms with E-state index in [1.54, 1.807) is 13.2 Å². The van der Waals surface area contributed by atoms with Crippen LogP contribution in [0.3, 0.4) is 0 Å². The molecule has 2 bridgehead atoms. The van der Waals surface area contributed by atoms with Crippen LogP contribution in [0.1, 0.15) is 53.8 Å². The van der Waals surface area contributed by atoms with Gasteiger partial charge in [0.2, 0.25) is 5.88 Å². The van der Waals surface area contributed by atoms with Crippen molar-refractivity contribution >= 4 is 22.6 Å². The van der Waals surface area contributed by atoms with Gasteiger partial charge in [-0.05, 0) is 82.2 Å². The molecule has 0 unspecified atom stereocenters. The van der Waals surface area contributed by atoms with Gasteiger partial charge in [0.15, 0.2) is 5.88 Å². The van der Waals surface area contributed by atoms with Gasteiger partial charge in [0.1, 0.15) is 17.0 Å². The first-order chi connectivity index (χ1) is 20.8. The normalized spacial score (nSPS) is 21.4. The summed E-state index contributed by atoms with van der Waals surface area (Å²) in [5.41, 5.74) is 13.7. The van der Waals surface area contributed by atoms with Crippen molar-refractivity contribution in [2.45, 2.75) is 70.6 Å². The van der Waals surface area contributed by atoms with Crippen molar-refractivity contribution in [3.05, 3.63) is 59.4 Å². The molecule has 8 rings (SSSR count). The van der Waals surface area contributed by atoms with E-state index in [2.05, 4.69) is 21.7 Å². The van der Waals surface area contributed by atoms with Crippen LogP contribution in [-0.2, 0) is 6.54 Å². The van der Waals surface area contributed by atoms with Crippen LogP contribution in [0.5, 0.6) is 11.8 Å². The number of methoxy groups -OCH3 is 1. The Hall–Kier alpha value is -4.44. The fourth-order valence-electron chi connectivity index (χ4n) is 7.33. The molecule has 2 aliphatic heterocycles. The Kier molecular flexibility index (Phi) is 5.81. The number of hydrogen-bond acceptors (Lipinski definition) is 7. The first-order valence-corrected chi connectivity index (χ1v) is 15.1. The lowest BCUT2D eigenvalue weighted by molar-refractivity contribution is 0.0726. The minimum absolute atomic E-state index is 0.000642. The van der Waals surface area contributed by atoms with E-state index in [9.17, 15) is 9.90 Å². The Morgan fingerprint density at radius 2 is 1.88 bits per heavy atom. The van der Waals surface area contributed by atoms with Crippen LogP contribution in [0.4, 0.5) is 0 Å². The zero-order valence-corrected chi connectivity index (χ0v) is 24.6. The van der Waals surface area contributed by atoms with Crippen LogP contribution in [0.2, 0.25) is 0 Å². The van der Waals surface area contributed by atoms with Gasteiger partial charge in [-0.1, -0.05) is 0 Å². The zero-order chi connectivity index (χ0) is 29.6. The number of ether oxygens (including phenoxy) is 1. The van der Waals surface area contributed by atoms with Gasteiger partial charge in [0.25, 0.3) is 5.91 Å². The zero-order valence-electron chi connectivity index (χ0n) is 24.6. The molecule has 5 aromatic heterocycles. The summed E-state index contributed by atoms with van der Waals surface area (Å²) in [5, 5.41) is 10.8. The molecule has 1 amide bonds. The molecule has 1 aliphatic carbocycles. The predicted molar refractivity (Wildman–Crippen MR) is 163 cm³/mol. The van der Waals surface area contributed by atoms with Gasteiger partial charge < -0.3 is 25.0 Å². The van der Waals surface area contributed by atoms with E-state index in [0.29, 0.717) is 23.0 Å². The highest BCUT2D eigenvalue weighted by Crippen LogP contribution is 2.40. The largest absolute Gasteiger partial charge is 0.493 e. The van der Waals surface area contributed by atoms with Crippen LogP contribution >= 0.6 is 0 Å². The molecule has 43 heavy (non-hydrogen) atoms. The number of fused-ring (bicyclic) bond motifs is 4. The molecule has 0 aromatic carbocycles. The van der Waals surface area contributed by atoms with Crippen molar-refractivity contribution in [2.75, 3.05) is 7.11 Å². The van der Waals surface area contributed by atoms with E-state index in [1.165, 1.54) is 12.8 Å². The summed E-state index contributed by atoms with van der Waals surface area (Å²) in [6.45, 7) is 4.78. The average molecular weight is 578 g/mol. The van der Waals surface area contributed by atoms with Gasteiger partial charge in [-0.2, -0.15) is 0 Å². The molecule has 5 aromatic rings. The summed E-state index contributed by atoms with van der Waals surface area (Å²) in [7, 11) is 1.63. The number of carbonyl (C=O) groups excluding carboxylic acids is 1. The maximum Gasteiger partial charge on any atom is 0.254 e. The number of hydrogen-bond donors (Lipinski definition) is 2. The second kappa shape index (κ2) is 9.54. The number of nitrogens with two attached hydrogens (primary N) is 1. The molecule has 0 spiro atoms. The average Bonchev–Trinajstić information content (AvgIpc) is 3.31. The Labute approximate surface area is 249 Å². The van der Waals surface area contributed by atoms with E-state index in [-0.39, 0.29) is 29.9 Å². The minimum atomic E-state index is 0.000642. The van der Waals surface area contributed by atoms with Crippen molar-refractivity contribution in [1.82, 2.24) is 28.8 Å². The maximum absolute atomic E-state index is 13.8. The molecule has 3 aliphatic rings. The number of amides is 1. The summed E-state index contributed by atoms with van der Waals surface area (Å²) < 4.78 is 10.1. The van der Waals surface area contributed by atoms with Gasteiger partial charge >= 0.3 is 0 Å². The standard InChI is InChI=1S/C33H35N7O3/c1-17-23(8-11-29(41)35-17)25-9-6-20-12-27(38(32(20)36-25)16-19-4-5-19)31-18(2)39-28(37-31)13-21(14-30(39)43-3)33(42)40-22-7-10-26(40)24(34)15-22/h6,8-9,11-14,19,22,24,26H,4-5,7,10,15-16,34H2,1-3H3,(H,35,41)/t22-,24+,26+/m0/s1. The van der Waals surface area contributed by atoms with Crippen LogP contribution < -0.4 is 10.5 Å². The number of imidazole rings is 1. The van der Waals surface area contributed by atoms with Crippen molar-refractivity contribution in [3.8, 4) is 34.4 Å². The lowest BCUT2D eigenvalue weighted by Crippen LogP contribution is -2.40.